The van der Waals surface area contributed by atoms with Crippen molar-refractivity contribution in [3.05, 3.63) is 52.9 Å². The summed E-state index contributed by atoms with van der Waals surface area (Å²) in [4.78, 5) is 4.14. The van der Waals surface area contributed by atoms with Gasteiger partial charge in [0.05, 0.1) is 10.6 Å². The molecular formula is C15H9ClFN5S. The lowest BCUT2D eigenvalue weighted by Crippen LogP contribution is -1.97. The largest absolute Gasteiger partial charge is 0.305 e. The second-order valence-electron chi connectivity index (χ2n) is 4.54. The van der Waals surface area contributed by atoms with Crippen LogP contribution in [-0.2, 0) is 7.05 Å². The van der Waals surface area contributed by atoms with Crippen molar-refractivity contribution >= 4 is 23.4 Å². The van der Waals surface area contributed by atoms with E-state index in [1.54, 1.807) is 41.9 Å². The van der Waals surface area contributed by atoms with Crippen LogP contribution in [0.25, 0.3) is 11.4 Å². The summed E-state index contributed by atoms with van der Waals surface area (Å²) in [5.74, 6) is 0.0519. The summed E-state index contributed by atoms with van der Waals surface area (Å²) >= 11 is 7.08. The average Bonchev–Trinajstić information content (AvgIpc) is 2.90. The van der Waals surface area contributed by atoms with Crippen LogP contribution in [0.2, 0.25) is 5.02 Å². The molecule has 0 atom stereocenters. The summed E-state index contributed by atoms with van der Waals surface area (Å²) in [6.45, 7) is 0. The average molecular weight is 346 g/mol. The minimum atomic E-state index is -0.365. The van der Waals surface area contributed by atoms with E-state index in [2.05, 4.69) is 15.2 Å². The van der Waals surface area contributed by atoms with E-state index in [0.29, 0.717) is 26.6 Å². The van der Waals surface area contributed by atoms with Crippen LogP contribution in [0.5, 0.6) is 0 Å². The van der Waals surface area contributed by atoms with Crippen molar-refractivity contribution in [3.8, 4) is 17.5 Å². The van der Waals surface area contributed by atoms with Gasteiger partial charge in [0.2, 0.25) is 0 Å². The van der Waals surface area contributed by atoms with Gasteiger partial charge in [-0.3, -0.25) is 0 Å². The molecule has 0 aliphatic heterocycles. The van der Waals surface area contributed by atoms with Crippen LogP contribution in [0, 0.1) is 17.1 Å². The summed E-state index contributed by atoms with van der Waals surface area (Å²) in [7, 11) is 1.74. The molecule has 8 heteroatoms. The van der Waals surface area contributed by atoms with Gasteiger partial charge in [-0.1, -0.05) is 23.7 Å². The molecule has 1 aromatic carbocycles. The molecule has 0 bridgehead atoms. The summed E-state index contributed by atoms with van der Waals surface area (Å²) in [5.41, 5.74) is 0.518. The smallest absolute Gasteiger partial charge is 0.197 e. The third-order valence-electron chi connectivity index (χ3n) is 3.07. The molecule has 0 saturated carbocycles. The Bertz CT molecular complexity index is 918. The molecule has 0 aliphatic rings. The summed E-state index contributed by atoms with van der Waals surface area (Å²) in [6.07, 6.45) is 0. The van der Waals surface area contributed by atoms with Gasteiger partial charge in [0.1, 0.15) is 16.9 Å². The van der Waals surface area contributed by atoms with Gasteiger partial charge < -0.3 is 4.57 Å². The summed E-state index contributed by atoms with van der Waals surface area (Å²) < 4.78 is 15.6. The number of hydrogen-bond donors (Lipinski definition) is 0. The Morgan fingerprint density at radius 2 is 2.00 bits per heavy atom. The molecule has 0 N–H and O–H groups in total. The minimum absolute atomic E-state index is 0.146. The molecule has 0 saturated heterocycles. The van der Waals surface area contributed by atoms with Crippen molar-refractivity contribution in [2.45, 2.75) is 10.2 Å². The summed E-state index contributed by atoms with van der Waals surface area (Å²) in [5, 5.41) is 18.4. The van der Waals surface area contributed by atoms with E-state index in [9.17, 15) is 4.39 Å². The van der Waals surface area contributed by atoms with Gasteiger partial charge in [-0.25, -0.2) is 9.37 Å². The topological polar surface area (TPSA) is 67.4 Å². The van der Waals surface area contributed by atoms with Crippen LogP contribution in [0.3, 0.4) is 0 Å². The Kier molecular flexibility index (Phi) is 4.28. The third-order valence-corrected chi connectivity index (χ3v) is 4.35. The van der Waals surface area contributed by atoms with Crippen LogP contribution >= 0.6 is 23.4 Å². The lowest BCUT2D eigenvalue weighted by atomic mass is 10.2. The molecule has 3 aromatic rings. The predicted octanol–water partition coefficient (Wildman–Crippen LogP) is 3.69. The fourth-order valence-electron chi connectivity index (χ4n) is 1.93. The fraction of sp³-hybridized carbons (Fsp3) is 0.0667. The number of benzene rings is 1. The Labute approximate surface area is 140 Å². The van der Waals surface area contributed by atoms with Crippen LogP contribution in [-0.4, -0.2) is 19.7 Å². The number of nitriles is 1. The van der Waals surface area contributed by atoms with Crippen molar-refractivity contribution in [3.63, 3.8) is 0 Å². The first-order chi connectivity index (χ1) is 11.1. The SMILES string of the molecule is Cn1c(Sc2ccc(Cl)c(C#N)n2)nnc1-c1ccccc1F. The zero-order chi connectivity index (χ0) is 16.4. The molecule has 114 valence electrons. The molecule has 0 radical (unpaired) electrons. The van der Waals surface area contributed by atoms with Gasteiger partial charge >= 0.3 is 0 Å². The van der Waals surface area contributed by atoms with Crippen LogP contribution < -0.4 is 0 Å². The lowest BCUT2D eigenvalue weighted by molar-refractivity contribution is 0.628. The van der Waals surface area contributed by atoms with Crippen LogP contribution in [0.1, 0.15) is 5.69 Å². The minimum Gasteiger partial charge on any atom is -0.305 e. The van der Waals surface area contributed by atoms with E-state index in [0.717, 1.165) is 0 Å². The highest BCUT2D eigenvalue weighted by molar-refractivity contribution is 7.99. The number of hydrogen-bond acceptors (Lipinski definition) is 5. The highest BCUT2D eigenvalue weighted by atomic mass is 35.5. The molecular weight excluding hydrogens is 337 g/mol. The number of nitrogens with zero attached hydrogens (tertiary/aromatic N) is 5. The standard InChI is InChI=1S/C15H9ClFN5S/c1-22-14(9-4-2-3-5-11(9)17)20-21-15(22)23-13-7-6-10(16)12(8-18)19-13/h2-7H,1H3. The van der Waals surface area contributed by atoms with Crippen LogP contribution in [0.4, 0.5) is 4.39 Å². The van der Waals surface area contributed by atoms with Gasteiger partial charge in [0, 0.05) is 7.05 Å². The number of rotatable bonds is 3. The van der Waals surface area contributed by atoms with Gasteiger partial charge in [0.25, 0.3) is 0 Å². The monoisotopic (exact) mass is 345 g/mol. The van der Waals surface area contributed by atoms with E-state index in [1.165, 1.54) is 17.8 Å². The maximum Gasteiger partial charge on any atom is 0.197 e. The predicted molar refractivity (Wildman–Crippen MR) is 84.5 cm³/mol. The zero-order valence-corrected chi connectivity index (χ0v) is 13.4. The first-order valence-corrected chi connectivity index (χ1v) is 7.68. The van der Waals surface area contributed by atoms with Crippen molar-refractivity contribution in [2.24, 2.45) is 7.05 Å². The molecule has 0 amide bonds. The normalized spacial score (nSPS) is 10.5. The lowest BCUT2D eigenvalue weighted by Gasteiger charge is -2.05. The van der Waals surface area contributed by atoms with Gasteiger partial charge in [-0.2, -0.15) is 5.26 Å². The molecule has 3 rings (SSSR count). The second-order valence-corrected chi connectivity index (χ2v) is 5.93. The Hall–Kier alpha value is -2.43. The van der Waals surface area contributed by atoms with Crippen molar-refractivity contribution in [1.82, 2.24) is 19.7 Å². The molecule has 0 fully saturated rings. The first kappa shape index (κ1) is 15.5. The van der Waals surface area contributed by atoms with Crippen LogP contribution in [0.15, 0.2) is 46.6 Å². The number of aromatic nitrogens is 4. The molecule has 0 aliphatic carbocycles. The maximum absolute atomic E-state index is 13.9. The first-order valence-electron chi connectivity index (χ1n) is 6.49. The van der Waals surface area contributed by atoms with E-state index in [1.807, 2.05) is 6.07 Å². The number of pyridine rings is 1. The van der Waals surface area contributed by atoms with E-state index in [4.69, 9.17) is 16.9 Å². The van der Waals surface area contributed by atoms with Crippen molar-refractivity contribution in [1.29, 1.82) is 5.26 Å². The molecule has 0 spiro atoms. The highest BCUT2D eigenvalue weighted by Crippen LogP contribution is 2.29. The quantitative estimate of drug-likeness (QED) is 0.724. The second kappa shape index (κ2) is 6.36. The Morgan fingerprint density at radius 1 is 1.22 bits per heavy atom. The molecule has 2 aromatic heterocycles. The van der Waals surface area contributed by atoms with Gasteiger partial charge in [-0.15, -0.1) is 10.2 Å². The third kappa shape index (κ3) is 3.04. The molecule has 5 nitrogen and oxygen atoms in total. The molecule has 0 unspecified atom stereocenters. The highest BCUT2D eigenvalue weighted by Gasteiger charge is 2.15. The molecule has 23 heavy (non-hydrogen) atoms. The zero-order valence-electron chi connectivity index (χ0n) is 11.9. The van der Waals surface area contributed by atoms with Crippen molar-refractivity contribution in [2.75, 3.05) is 0 Å². The molecule has 2 heterocycles. The maximum atomic E-state index is 13.9. The fourth-order valence-corrected chi connectivity index (χ4v) is 2.85. The Balaban J connectivity index is 1.95. The van der Waals surface area contributed by atoms with E-state index >= 15 is 0 Å². The van der Waals surface area contributed by atoms with Gasteiger partial charge in [0.15, 0.2) is 16.7 Å². The van der Waals surface area contributed by atoms with Crippen molar-refractivity contribution < 1.29 is 4.39 Å². The van der Waals surface area contributed by atoms with E-state index in [-0.39, 0.29) is 11.5 Å². The summed E-state index contributed by atoms with van der Waals surface area (Å²) in [6, 6.07) is 11.6. The number of halogens is 2. The Morgan fingerprint density at radius 3 is 2.74 bits per heavy atom. The van der Waals surface area contributed by atoms with Gasteiger partial charge in [-0.05, 0) is 36.0 Å². The van der Waals surface area contributed by atoms with E-state index < -0.39 is 0 Å².